The summed E-state index contributed by atoms with van der Waals surface area (Å²) in [7, 11) is 1.39. The zero-order chi connectivity index (χ0) is 14.5. The van der Waals surface area contributed by atoms with Gasteiger partial charge in [0.05, 0.1) is 18.9 Å². The minimum absolute atomic E-state index is 0.313. The SMILES string of the molecule is COC(=O)c1ccc(C=NN2C(C)CCCC2C)cc1. The van der Waals surface area contributed by atoms with Crippen LogP contribution < -0.4 is 0 Å². The molecular weight excluding hydrogens is 252 g/mol. The van der Waals surface area contributed by atoms with E-state index in [1.54, 1.807) is 12.1 Å². The van der Waals surface area contributed by atoms with Gasteiger partial charge in [0.1, 0.15) is 0 Å². The van der Waals surface area contributed by atoms with Crippen molar-refractivity contribution in [2.45, 2.75) is 45.2 Å². The summed E-state index contributed by atoms with van der Waals surface area (Å²) in [4.78, 5) is 11.4. The molecule has 1 aliphatic rings. The van der Waals surface area contributed by atoms with Crippen molar-refractivity contribution in [2.75, 3.05) is 7.11 Å². The number of hydrazone groups is 1. The van der Waals surface area contributed by atoms with E-state index in [-0.39, 0.29) is 5.97 Å². The van der Waals surface area contributed by atoms with Crippen LogP contribution in [-0.2, 0) is 4.74 Å². The molecule has 0 aliphatic carbocycles. The van der Waals surface area contributed by atoms with Crippen molar-refractivity contribution in [3.05, 3.63) is 35.4 Å². The summed E-state index contributed by atoms with van der Waals surface area (Å²) >= 11 is 0. The zero-order valence-electron chi connectivity index (χ0n) is 12.4. The quantitative estimate of drug-likeness (QED) is 0.628. The number of benzene rings is 1. The third-order valence-electron chi connectivity index (χ3n) is 3.82. The topological polar surface area (TPSA) is 41.9 Å². The number of esters is 1. The molecule has 1 aromatic rings. The van der Waals surface area contributed by atoms with E-state index >= 15 is 0 Å². The fourth-order valence-electron chi connectivity index (χ4n) is 2.59. The third kappa shape index (κ3) is 3.38. The summed E-state index contributed by atoms with van der Waals surface area (Å²) in [5.41, 5.74) is 1.55. The van der Waals surface area contributed by atoms with Gasteiger partial charge in [-0.3, -0.25) is 5.01 Å². The molecule has 1 saturated heterocycles. The van der Waals surface area contributed by atoms with Gasteiger partial charge < -0.3 is 4.74 Å². The number of carbonyl (C=O) groups excluding carboxylic acids is 1. The smallest absolute Gasteiger partial charge is 0.337 e. The van der Waals surface area contributed by atoms with E-state index in [2.05, 4.69) is 28.7 Å². The lowest BCUT2D eigenvalue weighted by Gasteiger charge is -2.36. The number of methoxy groups -OCH3 is 1. The number of piperidine rings is 1. The molecule has 0 aromatic heterocycles. The molecule has 2 rings (SSSR count). The van der Waals surface area contributed by atoms with E-state index < -0.39 is 0 Å². The number of carbonyl (C=O) groups is 1. The van der Waals surface area contributed by atoms with Crippen molar-refractivity contribution in [3.63, 3.8) is 0 Å². The molecule has 2 atom stereocenters. The highest BCUT2D eigenvalue weighted by atomic mass is 16.5. The van der Waals surface area contributed by atoms with Crippen LogP contribution in [0.2, 0.25) is 0 Å². The monoisotopic (exact) mass is 274 g/mol. The van der Waals surface area contributed by atoms with Gasteiger partial charge in [0, 0.05) is 12.1 Å². The lowest BCUT2D eigenvalue weighted by Crippen LogP contribution is -2.39. The fraction of sp³-hybridized carbons (Fsp3) is 0.500. The first kappa shape index (κ1) is 14.6. The van der Waals surface area contributed by atoms with Gasteiger partial charge in [-0.1, -0.05) is 12.1 Å². The van der Waals surface area contributed by atoms with E-state index in [1.165, 1.54) is 26.4 Å². The van der Waals surface area contributed by atoms with Crippen LogP contribution in [0.25, 0.3) is 0 Å². The fourth-order valence-corrected chi connectivity index (χ4v) is 2.59. The Bertz CT molecular complexity index is 472. The molecule has 1 heterocycles. The second-order valence-corrected chi connectivity index (χ2v) is 5.37. The maximum atomic E-state index is 11.4. The zero-order valence-corrected chi connectivity index (χ0v) is 12.4. The summed E-state index contributed by atoms with van der Waals surface area (Å²) in [5.74, 6) is -0.313. The van der Waals surface area contributed by atoms with Crippen LogP contribution in [0.15, 0.2) is 29.4 Å². The van der Waals surface area contributed by atoms with Gasteiger partial charge in [-0.25, -0.2) is 4.79 Å². The maximum absolute atomic E-state index is 11.4. The Kier molecular flexibility index (Phi) is 4.77. The van der Waals surface area contributed by atoms with Crippen molar-refractivity contribution in [2.24, 2.45) is 5.10 Å². The molecule has 1 fully saturated rings. The number of hydrogen-bond acceptors (Lipinski definition) is 4. The Balaban J connectivity index is 2.05. The van der Waals surface area contributed by atoms with Crippen LogP contribution in [-0.4, -0.2) is 36.4 Å². The summed E-state index contributed by atoms with van der Waals surface area (Å²) in [6.07, 6.45) is 5.54. The Labute approximate surface area is 120 Å². The molecule has 0 saturated carbocycles. The largest absolute Gasteiger partial charge is 0.465 e. The van der Waals surface area contributed by atoms with Crippen molar-refractivity contribution in [1.82, 2.24) is 5.01 Å². The molecule has 0 spiro atoms. The first-order valence-corrected chi connectivity index (χ1v) is 7.12. The highest BCUT2D eigenvalue weighted by Gasteiger charge is 2.22. The lowest BCUT2D eigenvalue weighted by atomic mass is 10.00. The van der Waals surface area contributed by atoms with Gasteiger partial charge in [0.15, 0.2) is 0 Å². The molecule has 2 unspecified atom stereocenters. The Morgan fingerprint density at radius 2 is 1.85 bits per heavy atom. The Morgan fingerprint density at radius 3 is 2.40 bits per heavy atom. The number of rotatable bonds is 3. The average molecular weight is 274 g/mol. The first-order valence-electron chi connectivity index (χ1n) is 7.12. The Morgan fingerprint density at radius 1 is 1.25 bits per heavy atom. The van der Waals surface area contributed by atoms with Crippen LogP contribution in [0.3, 0.4) is 0 Å². The van der Waals surface area contributed by atoms with E-state index in [1.807, 2.05) is 18.3 Å². The number of nitrogens with zero attached hydrogens (tertiary/aromatic N) is 2. The molecule has 1 aromatic carbocycles. The summed E-state index contributed by atoms with van der Waals surface area (Å²) in [6.45, 7) is 4.43. The molecule has 0 amide bonds. The van der Waals surface area contributed by atoms with Crippen molar-refractivity contribution >= 4 is 12.2 Å². The molecule has 1 aliphatic heterocycles. The van der Waals surface area contributed by atoms with E-state index in [4.69, 9.17) is 0 Å². The van der Waals surface area contributed by atoms with E-state index in [0.717, 1.165) is 5.56 Å². The average Bonchev–Trinajstić information content (AvgIpc) is 2.46. The van der Waals surface area contributed by atoms with Crippen LogP contribution in [0.5, 0.6) is 0 Å². The van der Waals surface area contributed by atoms with Crippen molar-refractivity contribution in [1.29, 1.82) is 0 Å². The predicted molar refractivity (Wildman–Crippen MR) is 80.0 cm³/mol. The van der Waals surface area contributed by atoms with E-state index in [0.29, 0.717) is 17.6 Å². The summed E-state index contributed by atoms with van der Waals surface area (Å²) in [5, 5.41) is 6.78. The van der Waals surface area contributed by atoms with Gasteiger partial charge >= 0.3 is 5.97 Å². The molecule has 4 nitrogen and oxygen atoms in total. The molecular formula is C16H22N2O2. The predicted octanol–water partition coefficient (Wildman–Crippen LogP) is 3.07. The highest BCUT2D eigenvalue weighted by Crippen LogP contribution is 2.22. The normalized spacial score (nSPS) is 23.1. The van der Waals surface area contributed by atoms with Crippen LogP contribution >= 0.6 is 0 Å². The van der Waals surface area contributed by atoms with Crippen LogP contribution in [0.1, 0.15) is 49.0 Å². The summed E-state index contributed by atoms with van der Waals surface area (Å²) < 4.78 is 4.68. The number of ether oxygens (including phenoxy) is 1. The van der Waals surface area contributed by atoms with Crippen molar-refractivity contribution < 1.29 is 9.53 Å². The standard InChI is InChI=1S/C16H22N2O2/c1-12-5-4-6-13(2)18(12)17-11-14-7-9-15(10-8-14)16(19)20-3/h7-13H,4-6H2,1-3H3. The number of hydrogen-bond donors (Lipinski definition) is 0. The van der Waals surface area contributed by atoms with Gasteiger partial charge in [0.2, 0.25) is 0 Å². The first-order chi connectivity index (χ1) is 9.61. The van der Waals surface area contributed by atoms with Crippen LogP contribution in [0.4, 0.5) is 0 Å². The minimum Gasteiger partial charge on any atom is -0.465 e. The minimum atomic E-state index is -0.313. The molecule has 108 valence electrons. The van der Waals surface area contributed by atoms with Gasteiger partial charge in [-0.2, -0.15) is 5.10 Å². The maximum Gasteiger partial charge on any atom is 0.337 e. The van der Waals surface area contributed by atoms with E-state index in [9.17, 15) is 4.79 Å². The molecule has 0 radical (unpaired) electrons. The van der Waals surface area contributed by atoms with Gasteiger partial charge in [0.25, 0.3) is 0 Å². The van der Waals surface area contributed by atoms with Crippen LogP contribution in [0, 0.1) is 0 Å². The second kappa shape index (κ2) is 6.55. The van der Waals surface area contributed by atoms with Gasteiger partial charge in [-0.05, 0) is 50.8 Å². The molecule has 20 heavy (non-hydrogen) atoms. The van der Waals surface area contributed by atoms with Crippen molar-refractivity contribution in [3.8, 4) is 0 Å². The Hall–Kier alpha value is -1.84. The highest BCUT2D eigenvalue weighted by molar-refractivity contribution is 5.90. The third-order valence-corrected chi connectivity index (χ3v) is 3.82. The molecule has 0 bridgehead atoms. The molecule has 4 heteroatoms. The molecule has 0 N–H and O–H groups in total. The lowest BCUT2D eigenvalue weighted by molar-refractivity contribution is 0.0600. The second-order valence-electron chi connectivity index (χ2n) is 5.37. The van der Waals surface area contributed by atoms with Gasteiger partial charge in [-0.15, -0.1) is 0 Å². The summed E-state index contributed by atoms with van der Waals surface area (Å²) in [6, 6.07) is 8.27.